The van der Waals surface area contributed by atoms with E-state index in [1.807, 2.05) is 26.8 Å². The maximum atomic E-state index is 12.1. The van der Waals surface area contributed by atoms with Crippen LogP contribution in [0.15, 0.2) is 35.1 Å². The molecule has 7 heteroatoms. The van der Waals surface area contributed by atoms with E-state index in [-0.39, 0.29) is 17.4 Å². The first-order chi connectivity index (χ1) is 12.6. The second kappa shape index (κ2) is 8.62. The molecule has 27 heavy (non-hydrogen) atoms. The Morgan fingerprint density at radius 2 is 1.93 bits per heavy atom. The van der Waals surface area contributed by atoms with E-state index in [0.29, 0.717) is 42.2 Å². The predicted octanol–water partition coefficient (Wildman–Crippen LogP) is 2.63. The minimum absolute atomic E-state index is 0.0322. The SMILES string of the molecule is Cc1cc(=O)[nH]c(-c2cccc(NC(=O)CCCNC(=O)C(C)(C)C)c2)n1. The monoisotopic (exact) mass is 370 g/mol. The maximum absolute atomic E-state index is 12.1. The van der Waals surface area contributed by atoms with Crippen LogP contribution in [0.5, 0.6) is 0 Å². The zero-order valence-electron chi connectivity index (χ0n) is 16.2. The van der Waals surface area contributed by atoms with E-state index in [0.717, 1.165) is 0 Å². The minimum atomic E-state index is -0.437. The highest BCUT2D eigenvalue weighted by Gasteiger charge is 2.20. The molecule has 1 heterocycles. The molecule has 0 radical (unpaired) electrons. The van der Waals surface area contributed by atoms with Gasteiger partial charge in [-0.05, 0) is 25.5 Å². The number of aromatic nitrogens is 2. The quantitative estimate of drug-likeness (QED) is 0.680. The topological polar surface area (TPSA) is 104 Å². The molecule has 0 fully saturated rings. The molecule has 7 nitrogen and oxygen atoms in total. The lowest BCUT2D eigenvalue weighted by atomic mass is 9.96. The number of nitrogens with one attached hydrogen (secondary N) is 3. The van der Waals surface area contributed by atoms with Gasteiger partial charge < -0.3 is 15.6 Å². The van der Waals surface area contributed by atoms with Crippen molar-refractivity contribution in [2.45, 2.75) is 40.5 Å². The maximum Gasteiger partial charge on any atom is 0.251 e. The van der Waals surface area contributed by atoms with E-state index in [4.69, 9.17) is 0 Å². The van der Waals surface area contributed by atoms with Gasteiger partial charge in [0.1, 0.15) is 5.82 Å². The number of amides is 2. The Hall–Kier alpha value is -2.96. The number of benzene rings is 1. The van der Waals surface area contributed by atoms with E-state index in [2.05, 4.69) is 20.6 Å². The van der Waals surface area contributed by atoms with Gasteiger partial charge in [-0.15, -0.1) is 0 Å². The Kier molecular flexibility index (Phi) is 6.50. The molecular formula is C20H26N4O3. The summed E-state index contributed by atoms with van der Waals surface area (Å²) in [5.74, 6) is 0.291. The lowest BCUT2D eigenvalue weighted by Gasteiger charge is -2.17. The van der Waals surface area contributed by atoms with Crippen LogP contribution in [-0.4, -0.2) is 28.3 Å². The third kappa shape index (κ3) is 6.36. The predicted molar refractivity (Wildman–Crippen MR) is 105 cm³/mol. The van der Waals surface area contributed by atoms with Gasteiger partial charge in [0.25, 0.3) is 5.56 Å². The summed E-state index contributed by atoms with van der Waals surface area (Å²) in [5, 5.41) is 5.65. The van der Waals surface area contributed by atoms with Crippen molar-refractivity contribution < 1.29 is 9.59 Å². The molecule has 3 N–H and O–H groups in total. The first-order valence-electron chi connectivity index (χ1n) is 8.92. The molecule has 2 rings (SSSR count). The van der Waals surface area contributed by atoms with Crippen LogP contribution in [0, 0.1) is 12.3 Å². The van der Waals surface area contributed by atoms with Gasteiger partial charge in [-0.3, -0.25) is 14.4 Å². The van der Waals surface area contributed by atoms with Gasteiger partial charge in [-0.25, -0.2) is 4.98 Å². The van der Waals surface area contributed by atoms with E-state index < -0.39 is 5.41 Å². The molecule has 0 aliphatic heterocycles. The van der Waals surface area contributed by atoms with Crippen molar-refractivity contribution in [3.8, 4) is 11.4 Å². The fourth-order valence-electron chi connectivity index (χ4n) is 2.40. The number of carbonyl (C=O) groups excluding carboxylic acids is 2. The van der Waals surface area contributed by atoms with Crippen LogP contribution >= 0.6 is 0 Å². The zero-order valence-corrected chi connectivity index (χ0v) is 16.2. The van der Waals surface area contributed by atoms with Crippen molar-refractivity contribution in [1.82, 2.24) is 15.3 Å². The Balaban J connectivity index is 1.91. The minimum Gasteiger partial charge on any atom is -0.356 e. The standard InChI is InChI=1S/C20H26N4O3/c1-13-11-17(26)24-18(22-13)14-7-5-8-15(12-14)23-16(25)9-6-10-21-19(27)20(2,3)4/h5,7-8,11-12H,6,9-10H2,1-4H3,(H,21,27)(H,23,25)(H,22,24,26). The van der Waals surface area contributed by atoms with Crippen molar-refractivity contribution >= 4 is 17.5 Å². The third-order valence-electron chi connectivity index (χ3n) is 3.84. The van der Waals surface area contributed by atoms with E-state index in [1.165, 1.54) is 6.07 Å². The van der Waals surface area contributed by atoms with Gasteiger partial charge in [0.2, 0.25) is 11.8 Å². The normalized spacial score (nSPS) is 11.1. The molecule has 1 aromatic heterocycles. The Bertz CT molecular complexity index is 881. The molecular weight excluding hydrogens is 344 g/mol. The molecule has 144 valence electrons. The number of nitrogens with zero attached hydrogens (tertiary/aromatic N) is 1. The van der Waals surface area contributed by atoms with Gasteiger partial charge >= 0.3 is 0 Å². The summed E-state index contributed by atoms with van der Waals surface area (Å²) in [6.07, 6.45) is 0.855. The van der Waals surface area contributed by atoms with Crippen molar-refractivity contribution in [2.24, 2.45) is 5.41 Å². The number of aryl methyl sites for hydroxylation is 1. The molecule has 2 amide bonds. The van der Waals surface area contributed by atoms with Gasteiger partial charge in [-0.2, -0.15) is 0 Å². The molecule has 0 aliphatic carbocycles. The van der Waals surface area contributed by atoms with Crippen LogP contribution in [0.25, 0.3) is 11.4 Å². The van der Waals surface area contributed by atoms with E-state index in [9.17, 15) is 14.4 Å². The number of hydrogen-bond acceptors (Lipinski definition) is 4. The number of anilines is 1. The smallest absolute Gasteiger partial charge is 0.251 e. The number of rotatable bonds is 6. The van der Waals surface area contributed by atoms with Crippen LogP contribution < -0.4 is 16.2 Å². The molecule has 0 spiro atoms. The molecule has 0 bridgehead atoms. The van der Waals surface area contributed by atoms with E-state index in [1.54, 1.807) is 25.1 Å². The highest BCUT2D eigenvalue weighted by Crippen LogP contribution is 2.19. The van der Waals surface area contributed by atoms with Crippen LogP contribution in [-0.2, 0) is 9.59 Å². The Labute approximate surface area is 158 Å². The molecule has 0 aliphatic rings. The molecule has 0 saturated carbocycles. The molecule has 0 atom stereocenters. The summed E-state index contributed by atoms with van der Waals surface area (Å²) in [5.41, 5.74) is 1.31. The Morgan fingerprint density at radius 3 is 2.59 bits per heavy atom. The molecule has 2 aromatic rings. The molecule has 1 aromatic carbocycles. The number of H-pyrrole nitrogens is 1. The highest BCUT2D eigenvalue weighted by atomic mass is 16.2. The van der Waals surface area contributed by atoms with Crippen LogP contribution in [0.3, 0.4) is 0 Å². The number of hydrogen-bond donors (Lipinski definition) is 3. The fourth-order valence-corrected chi connectivity index (χ4v) is 2.40. The van der Waals surface area contributed by atoms with Gasteiger partial charge in [-0.1, -0.05) is 32.9 Å². The average Bonchev–Trinajstić information content (AvgIpc) is 2.57. The fraction of sp³-hybridized carbons (Fsp3) is 0.400. The van der Waals surface area contributed by atoms with Crippen molar-refractivity contribution in [3.63, 3.8) is 0 Å². The van der Waals surface area contributed by atoms with Gasteiger partial charge in [0.05, 0.1) is 0 Å². The lowest BCUT2D eigenvalue weighted by Crippen LogP contribution is -2.35. The van der Waals surface area contributed by atoms with Crippen molar-refractivity contribution in [1.29, 1.82) is 0 Å². The van der Waals surface area contributed by atoms with Crippen LogP contribution in [0.1, 0.15) is 39.3 Å². The number of aromatic amines is 1. The summed E-state index contributed by atoms with van der Waals surface area (Å²) in [4.78, 5) is 42.5. The van der Waals surface area contributed by atoms with Crippen molar-refractivity contribution in [3.05, 3.63) is 46.4 Å². The first-order valence-corrected chi connectivity index (χ1v) is 8.92. The van der Waals surface area contributed by atoms with Crippen LogP contribution in [0.2, 0.25) is 0 Å². The zero-order chi connectivity index (χ0) is 20.0. The van der Waals surface area contributed by atoms with Crippen LogP contribution in [0.4, 0.5) is 5.69 Å². The second-order valence-electron chi connectivity index (χ2n) is 7.47. The number of carbonyl (C=O) groups is 2. The largest absolute Gasteiger partial charge is 0.356 e. The van der Waals surface area contributed by atoms with Crippen molar-refractivity contribution in [2.75, 3.05) is 11.9 Å². The summed E-state index contributed by atoms with van der Waals surface area (Å²) < 4.78 is 0. The third-order valence-corrected chi connectivity index (χ3v) is 3.84. The van der Waals surface area contributed by atoms with Gasteiger partial charge in [0.15, 0.2) is 0 Å². The molecule has 0 saturated heterocycles. The Morgan fingerprint density at radius 1 is 1.19 bits per heavy atom. The lowest BCUT2D eigenvalue weighted by molar-refractivity contribution is -0.128. The average molecular weight is 370 g/mol. The van der Waals surface area contributed by atoms with E-state index >= 15 is 0 Å². The van der Waals surface area contributed by atoms with Gasteiger partial charge in [0, 0.05) is 41.4 Å². The first kappa shape index (κ1) is 20.4. The summed E-state index contributed by atoms with van der Waals surface area (Å²) >= 11 is 0. The second-order valence-corrected chi connectivity index (χ2v) is 7.47. The highest BCUT2D eigenvalue weighted by molar-refractivity contribution is 5.91. The summed E-state index contributed by atoms with van der Waals surface area (Å²) in [6, 6.07) is 8.56. The summed E-state index contributed by atoms with van der Waals surface area (Å²) in [6.45, 7) is 7.75. The molecule has 0 unspecified atom stereocenters. The summed E-state index contributed by atoms with van der Waals surface area (Å²) in [7, 11) is 0.